The van der Waals surface area contributed by atoms with Crippen LogP contribution in [-0.2, 0) is 11.3 Å². The average molecular weight is 412 g/mol. The van der Waals surface area contributed by atoms with Crippen LogP contribution < -0.4 is 10.9 Å². The molecule has 3 aromatic carbocycles. The zero-order valence-corrected chi connectivity index (χ0v) is 17.0. The molecule has 0 amide bonds. The largest absolute Gasteiger partial charge is 0.478 e. The van der Waals surface area contributed by atoms with Crippen LogP contribution in [-0.4, -0.2) is 22.8 Å². The van der Waals surface area contributed by atoms with Gasteiger partial charge in [-0.1, -0.05) is 60.7 Å². The van der Waals surface area contributed by atoms with E-state index in [9.17, 15) is 9.90 Å². The molecule has 0 saturated heterocycles. The van der Waals surface area contributed by atoms with Crippen molar-refractivity contribution in [3.8, 4) is 0 Å². The minimum atomic E-state index is -0.973. The number of hydrogen-bond acceptors (Lipinski definition) is 4. The highest BCUT2D eigenvalue weighted by molar-refractivity contribution is 5.99. The van der Waals surface area contributed by atoms with Crippen LogP contribution in [0.3, 0.4) is 0 Å². The summed E-state index contributed by atoms with van der Waals surface area (Å²) in [5.74, 6) is -0.973. The van der Waals surface area contributed by atoms with E-state index in [0.717, 1.165) is 51.7 Å². The standard InChI is InChI=1S/C26H24N2O3/c29-15-14-23(19-4-2-1-3-5-19)26(21-11-12-24-22(16-21)17-27-28-24)20-9-6-18(7-10-20)8-13-25(30)31/h1-13,16,27-29H,14-15,17H2,(H,30,31)/b13-8+,26-23+. The van der Waals surface area contributed by atoms with E-state index in [-0.39, 0.29) is 6.61 Å². The number of aliphatic carboxylic acids is 1. The van der Waals surface area contributed by atoms with Gasteiger partial charge in [0.1, 0.15) is 0 Å². The fraction of sp³-hybridized carbons (Fsp3) is 0.115. The molecule has 0 spiro atoms. The zero-order chi connectivity index (χ0) is 21.6. The maximum Gasteiger partial charge on any atom is 0.328 e. The van der Waals surface area contributed by atoms with Crippen LogP contribution in [0.2, 0.25) is 0 Å². The first-order chi connectivity index (χ1) is 15.2. The van der Waals surface area contributed by atoms with Gasteiger partial charge in [-0.05, 0) is 63.6 Å². The molecule has 0 aromatic heterocycles. The van der Waals surface area contributed by atoms with Gasteiger partial charge < -0.3 is 15.6 Å². The predicted octanol–water partition coefficient (Wildman–Crippen LogP) is 4.56. The molecule has 4 N–H and O–H groups in total. The van der Waals surface area contributed by atoms with E-state index in [1.165, 1.54) is 5.56 Å². The van der Waals surface area contributed by atoms with E-state index in [0.29, 0.717) is 6.42 Å². The number of nitrogens with one attached hydrogen (secondary N) is 2. The Labute approximate surface area is 181 Å². The number of aliphatic hydroxyl groups excluding tert-OH is 1. The summed E-state index contributed by atoms with van der Waals surface area (Å²) >= 11 is 0. The van der Waals surface area contributed by atoms with Crippen molar-refractivity contribution in [2.75, 3.05) is 12.0 Å². The van der Waals surface area contributed by atoms with Crippen molar-refractivity contribution in [1.29, 1.82) is 0 Å². The number of hydrazine groups is 1. The van der Waals surface area contributed by atoms with Gasteiger partial charge >= 0.3 is 5.97 Å². The van der Waals surface area contributed by atoms with Crippen molar-refractivity contribution in [1.82, 2.24) is 5.43 Å². The second kappa shape index (κ2) is 9.43. The molecular formula is C26H24N2O3. The summed E-state index contributed by atoms with van der Waals surface area (Å²) in [6.07, 6.45) is 3.23. The number of carboxylic acids is 1. The van der Waals surface area contributed by atoms with Gasteiger partial charge in [0, 0.05) is 19.2 Å². The Bertz CT molecular complexity index is 1130. The van der Waals surface area contributed by atoms with Crippen LogP contribution in [0.25, 0.3) is 17.2 Å². The first-order valence-corrected chi connectivity index (χ1v) is 10.2. The number of benzene rings is 3. The topological polar surface area (TPSA) is 81.6 Å². The van der Waals surface area contributed by atoms with Crippen molar-refractivity contribution < 1.29 is 15.0 Å². The maximum atomic E-state index is 10.8. The van der Waals surface area contributed by atoms with Gasteiger partial charge in [-0.15, -0.1) is 0 Å². The minimum Gasteiger partial charge on any atom is -0.478 e. The molecule has 5 heteroatoms. The van der Waals surface area contributed by atoms with Crippen molar-refractivity contribution in [3.05, 3.63) is 107 Å². The molecule has 1 aliphatic heterocycles. The Morgan fingerprint density at radius 2 is 1.68 bits per heavy atom. The fourth-order valence-corrected chi connectivity index (χ4v) is 3.86. The number of anilines is 1. The first-order valence-electron chi connectivity index (χ1n) is 10.2. The van der Waals surface area contributed by atoms with Crippen molar-refractivity contribution in [3.63, 3.8) is 0 Å². The lowest BCUT2D eigenvalue weighted by molar-refractivity contribution is -0.131. The number of rotatable bonds is 7. The molecule has 0 aliphatic carbocycles. The Morgan fingerprint density at radius 1 is 0.935 bits per heavy atom. The van der Waals surface area contributed by atoms with E-state index in [2.05, 4.69) is 41.2 Å². The van der Waals surface area contributed by atoms with Gasteiger partial charge in [-0.2, -0.15) is 0 Å². The van der Waals surface area contributed by atoms with Gasteiger partial charge in [0.05, 0.1) is 5.69 Å². The molecule has 0 atom stereocenters. The highest BCUT2D eigenvalue weighted by Gasteiger charge is 2.17. The Kier molecular flexibility index (Phi) is 6.26. The summed E-state index contributed by atoms with van der Waals surface area (Å²) in [6.45, 7) is 0.789. The fourth-order valence-electron chi connectivity index (χ4n) is 3.86. The van der Waals surface area contributed by atoms with Crippen LogP contribution in [0.15, 0.2) is 78.9 Å². The summed E-state index contributed by atoms with van der Waals surface area (Å²) in [5.41, 5.74) is 14.7. The summed E-state index contributed by atoms with van der Waals surface area (Å²) in [4.78, 5) is 10.8. The van der Waals surface area contributed by atoms with Gasteiger partial charge in [-0.25, -0.2) is 10.2 Å². The van der Waals surface area contributed by atoms with Crippen LogP contribution in [0.4, 0.5) is 5.69 Å². The third-order valence-corrected chi connectivity index (χ3v) is 5.30. The maximum absolute atomic E-state index is 10.8. The minimum absolute atomic E-state index is 0.0429. The predicted molar refractivity (Wildman–Crippen MR) is 124 cm³/mol. The smallest absolute Gasteiger partial charge is 0.328 e. The molecule has 31 heavy (non-hydrogen) atoms. The van der Waals surface area contributed by atoms with Gasteiger partial charge in [0.15, 0.2) is 0 Å². The molecule has 5 nitrogen and oxygen atoms in total. The summed E-state index contributed by atoms with van der Waals surface area (Å²) < 4.78 is 0. The monoisotopic (exact) mass is 412 g/mol. The summed E-state index contributed by atoms with van der Waals surface area (Å²) in [6, 6.07) is 24.3. The lowest BCUT2D eigenvalue weighted by Gasteiger charge is -2.18. The molecule has 4 rings (SSSR count). The SMILES string of the molecule is O=C(O)/C=C/c1ccc(/C(=C(/CCO)c2ccccc2)c2ccc3c(c2)CNN3)cc1. The third-order valence-electron chi connectivity index (χ3n) is 5.30. The van der Waals surface area contributed by atoms with Crippen molar-refractivity contribution in [2.45, 2.75) is 13.0 Å². The number of carboxylic acid groups (broad SMARTS) is 1. The van der Waals surface area contributed by atoms with Crippen LogP contribution in [0, 0.1) is 0 Å². The molecule has 3 aromatic rings. The number of aliphatic hydroxyl groups is 1. The second-order valence-electron chi connectivity index (χ2n) is 7.34. The number of hydrogen-bond donors (Lipinski definition) is 4. The quantitative estimate of drug-likeness (QED) is 0.338. The zero-order valence-electron chi connectivity index (χ0n) is 17.0. The van der Waals surface area contributed by atoms with E-state index in [4.69, 9.17) is 5.11 Å². The van der Waals surface area contributed by atoms with Gasteiger partial charge in [0.2, 0.25) is 0 Å². The molecule has 0 fully saturated rings. The summed E-state index contributed by atoms with van der Waals surface area (Å²) in [7, 11) is 0. The number of fused-ring (bicyclic) bond motifs is 1. The van der Waals surface area contributed by atoms with E-state index < -0.39 is 5.97 Å². The van der Waals surface area contributed by atoms with E-state index in [1.807, 2.05) is 42.5 Å². The molecule has 0 bridgehead atoms. The van der Waals surface area contributed by atoms with E-state index >= 15 is 0 Å². The molecule has 1 heterocycles. The lowest BCUT2D eigenvalue weighted by Crippen LogP contribution is -2.10. The van der Waals surface area contributed by atoms with Crippen molar-refractivity contribution >= 4 is 28.9 Å². The Hall–Kier alpha value is -3.67. The number of carbonyl (C=O) groups is 1. The molecule has 156 valence electrons. The van der Waals surface area contributed by atoms with Gasteiger partial charge in [0.25, 0.3) is 0 Å². The third kappa shape index (κ3) is 4.74. The second-order valence-corrected chi connectivity index (χ2v) is 7.34. The van der Waals surface area contributed by atoms with E-state index in [1.54, 1.807) is 6.08 Å². The summed E-state index contributed by atoms with van der Waals surface area (Å²) in [5, 5.41) is 18.7. The first kappa shape index (κ1) is 20.6. The van der Waals surface area contributed by atoms with Crippen LogP contribution in [0.1, 0.15) is 34.2 Å². The lowest BCUT2D eigenvalue weighted by atomic mass is 9.87. The highest BCUT2D eigenvalue weighted by Crippen LogP contribution is 2.36. The Balaban J connectivity index is 1.87. The Morgan fingerprint density at radius 3 is 2.39 bits per heavy atom. The molecule has 0 saturated carbocycles. The molecular weight excluding hydrogens is 388 g/mol. The van der Waals surface area contributed by atoms with Crippen LogP contribution in [0.5, 0.6) is 0 Å². The average Bonchev–Trinajstić information content (AvgIpc) is 3.27. The van der Waals surface area contributed by atoms with Gasteiger partial charge in [-0.3, -0.25) is 0 Å². The van der Waals surface area contributed by atoms with Crippen molar-refractivity contribution in [2.24, 2.45) is 0 Å². The molecule has 1 aliphatic rings. The highest BCUT2D eigenvalue weighted by atomic mass is 16.4. The molecule has 0 unspecified atom stereocenters. The van der Waals surface area contributed by atoms with Crippen LogP contribution >= 0.6 is 0 Å². The molecule has 0 radical (unpaired) electrons. The normalized spacial score (nSPS) is 13.6.